The van der Waals surface area contributed by atoms with Gasteiger partial charge in [-0.05, 0) is 43.3 Å². The number of hydrogen-bond acceptors (Lipinski definition) is 3. The number of benzene rings is 2. The molecule has 0 aromatic heterocycles. The molecule has 21 heavy (non-hydrogen) atoms. The first-order chi connectivity index (χ1) is 10.1. The first-order valence-corrected chi connectivity index (χ1v) is 7.81. The van der Waals surface area contributed by atoms with Gasteiger partial charge in [-0.15, -0.1) is 0 Å². The first-order valence-electron chi connectivity index (χ1n) is 6.26. The van der Waals surface area contributed by atoms with Crippen LogP contribution in [0.15, 0.2) is 46.0 Å². The van der Waals surface area contributed by atoms with Gasteiger partial charge in [0.15, 0.2) is 0 Å². The third kappa shape index (κ3) is 4.63. The second-order valence-corrected chi connectivity index (χ2v) is 5.84. The van der Waals surface area contributed by atoms with Gasteiger partial charge in [-0.25, -0.2) is 0 Å². The van der Waals surface area contributed by atoms with E-state index < -0.39 is 0 Å². The zero-order chi connectivity index (χ0) is 15.2. The number of ether oxygens (including phenoxy) is 1. The van der Waals surface area contributed by atoms with E-state index >= 15 is 0 Å². The normalized spacial score (nSPS) is 10.9. The van der Waals surface area contributed by atoms with Crippen LogP contribution < -0.4 is 10.2 Å². The second-order valence-electron chi connectivity index (χ2n) is 4.11. The molecule has 0 spiro atoms. The molecule has 0 saturated heterocycles. The fraction of sp³-hybridized carbons (Fsp3) is 0.133. The van der Waals surface area contributed by atoms with Crippen molar-refractivity contribution in [2.45, 2.75) is 6.92 Å². The number of hydrogen-bond donors (Lipinski definition) is 1. The molecule has 3 nitrogen and oxygen atoms in total. The van der Waals surface area contributed by atoms with Gasteiger partial charge in [0.2, 0.25) is 0 Å². The zero-order valence-corrected chi connectivity index (χ0v) is 14.3. The molecule has 2 aromatic rings. The number of anilines is 1. The molecule has 2 aromatic carbocycles. The van der Waals surface area contributed by atoms with Crippen molar-refractivity contribution in [1.82, 2.24) is 0 Å². The molecule has 0 unspecified atom stereocenters. The average Bonchev–Trinajstić information content (AvgIpc) is 2.46. The summed E-state index contributed by atoms with van der Waals surface area (Å²) >= 11 is 15.2. The topological polar surface area (TPSA) is 33.6 Å². The van der Waals surface area contributed by atoms with Crippen LogP contribution >= 0.6 is 39.1 Å². The van der Waals surface area contributed by atoms with E-state index in [0.717, 1.165) is 21.5 Å². The van der Waals surface area contributed by atoms with Gasteiger partial charge in [-0.2, -0.15) is 5.10 Å². The van der Waals surface area contributed by atoms with E-state index in [1.54, 1.807) is 24.4 Å². The van der Waals surface area contributed by atoms with Gasteiger partial charge < -0.3 is 4.74 Å². The molecule has 0 heterocycles. The Hall–Kier alpha value is -1.23. The Balaban J connectivity index is 2.13. The van der Waals surface area contributed by atoms with Crippen molar-refractivity contribution in [2.24, 2.45) is 5.10 Å². The fourth-order valence-electron chi connectivity index (χ4n) is 1.65. The Morgan fingerprint density at radius 3 is 2.71 bits per heavy atom. The van der Waals surface area contributed by atoms with Crippen molar-refractivity contribution in [3.05, 3.63) is 56.5 Å². The molecule has 6 heteroatoms. The van der Waals surface area contributed by atoms with Gasteiger partial charge in [0.05, 0.1) is 28.6 Å². The lowest BCUT2D eigenvalue weighted by atomic mass is 10.2. The molecule has 0 aliphatic heterocycles. The number of hydrazone groups is 1. The third-order valence-corrected chi connectivity index (χ3v) is 3.82. The smallest absolute Gasteiger partial charge is 0.128 e. The number of halogens is 3. The predicted octanol–water partition coefficient (Wildman–Crippen LogP) is 5.60. The van der Waals surface area contributed by atoms with Crippen molar-refractivity contribution in [3.63, 3.8) is 0 Å². The van der Waals surface area contributed by atoms with E-state index in [0.29, 0.717) is 16.7 Å². The molecule has 0 saturated carbocycles. The predicted molar refractivity (Wildman–Crippen MR) is 93.0 cm³/mol. The van der Waals surface area contributed by atoms with Crippen molar-refractivity contribution in [1.29, 1.82) is 0 Å². The average molecular weight is 388 g/mol. The Morgan fingerprint density at radius 1 is 1.19 bits per heavy atom. The van der Waals surface area contributed by atoms with E-state index in [2.05, 4.69) is 26.5 Å². The maximum Gasteiger partial charge on any atom is 0.128 e. The summed E-state index contributed by atoms with van der Waals surface area (Å²) in [6, 6.07) is 11.0. The van der Waals surface area contributed by atoms with Crippen LogP contribution in [0.5, 0.6) is 5.75 Å². The maximum atomic E-state index is 5.95. The van der Waals surface area contributed by atoms with Crippen LogP contribution in [0.4, 0.5) is 5.69 Å². The summed E-state index contributed by atoms with van der Waals surface area (Å²) in [7, 11) is 0. The van der Waals surface area contributed by atoms with E-state index in [4.69, 9.17) is 27.9 Å². The minimum absolute atomic E-state index is 0.481. The van der Waals surface area contributed by atoms with Crippen LogP contribution in [-0.2, 0) is 0 Å². The lowest BCUT2D eigenvalue weighted by molar-refractivity contribution is 0.339. The number of nitrogens with one attached hydrogen (secondary N) is 1. The molecular weight excluding hydrogens is 375 g/mol. The highest BCUT2D eigenvalue weighted by molar-refractivity contribution is 9.10. The maximum absolute atomic E-state index is 5.95. The second kappa shape index (κ2) is 7.69. The number of nitrogens with zero attached hydrogens (tertiary/aromatic N) is 1. The van der Waals surface area contributed by atoms with Crippen molar-refractivity contribution in [2.75, 3.05) is 12.0 Å². The molecular formula is C15H13BrCl2N2O. The molecule has 0 atom stereocenters. The van der Waals surface area contributed by atoms with E-state index in [9.17, 15) is 0 Å². The van der Waals surface area contributed by atoms with Gasteiger partial charge in [0.1, 0.15) is 5.75 Å². The van der Waals surface area contributed by atoms with Gasteiger partial charge >= 0.3 is 0 Å². The SMILES string of the molecule is CCOc1ccc(Br)cc1/C=N\Nc1ccc(Cl)c(Cl)c1. The van der Waals surface area contributed by atoms with Gasteiger partial charge in [-0.1, -0.05) is 39.1 Å². The monoisotopic (exact) mass is 386 g/mol. The Morgan fingerprint density at radius 2 is 2.00 bits per heavy atom. The Labute approximate surface area is 142 Å². The molecule has 2 rings (SSSR count). The van der Waals surface area contributed by atoms with Crippen molar-refractivity contribution < 1.29 is 4.74 Å². The zero-order valence-electron chi connectivity index (χ0n) is 11.2. The molecule has 0 bridgehead atoms. The summed E-state index contributed by atoms with van der Waals surface area (Å²) in [5.74, 6) is 0.778. The number of rotatable bonds is 5. The van der Waals surface area contributed by atoms with Crippen LogP contribution in [0.1, 0.15) is 12.5 Å². The van der Waals surface area contributed by atoms with E-state index in [1.807, 2.05) is 25.1 Å². The molecule has 0 aliphatic carbocycles. The minimum Gasteiger partial charge on any atom is -0.493 e. The molecule has 0 radical (unpaired) electrons. The molecule has 110 valence electrons. The summed E-state index contributed by atoms with van der Waals surface area (Å²) in [6.45, 7) is 2.54. The highest BCUT2D eigenvalue weighted by atomic mass is 79.9. The minimum atomic E-state index is 0.481. The lowest BCUT2D eigenvalue weighted by Crippen LogP contribution is -1.97. The molecule has 0 aliphatic rings. The summed E-state index contributed by atoms with van der Waals surface area (Å²) < 4.78 is 6.51. The van der Waals surface area contributed by atoms with Crippen LogP contribution in [0.2, 0.25) is 10.0 Å². The van der Waals surface area contributed by atoms with Gasteiger partial charge in [0, 0.05) is 10.0 Å². The van der Waals surface area contributed by atoms with Crippen molar-refractivity contribution in [3.8, 4) is 5.75 Å². The van der Waals surface area contributed by atoms with Crippen LogP contribution in [0.3, 0.4) is 0 Å². The summed E-state index contributed by atoms with van der Waals surface area (Å²) in [5, 5.41) is 5.18. The Bertz CT molecular complexity index is 662. The first kappa shape index (κ1) is 16.1. The van der Waals surface area contributed by atoms with Crippen molar-refractivity contribution >= 4 is 51.0 Å². The van der Waals surface area contributed by atoms with Gasteiger partial charge in [0.25, 0.3) is 0 Å². The standard InChI is InChI=1S/C15H13BrCl2N2O/c1-2-21-15-6-3-11(16)7-10(15)9-19-20-12-4-5-13(17)14(18)8-12/h3-9,20H,2H2,1H3/b19-9-. The van der Waals surface area contributed by atoms with Crippen LogP contribution in [-0.4, -0.2) is 12.8 Å². The van der Waals surface area contributed by atoms with Crippen LogP contribution in [0, 0.1) is 0 Å². The quantitative estimate of drug-likeness (QED) is 0.535. The largest absolute Gasteiger partial charge is 0.493 e. The lowest BCUT2D eigenvalue weighted by Gasteiger charge is -2.07. The van der Waals surface area contributed by atoms with E-state index in [-0.39, 0.29) is 0 Å². The summed E-state index contributed by atoms with van der Waals surface area (Å²) in [5.41, 5.74) is 4.54. The summed E-state index contributed by atoms with van der Waals surface area (Å²) in [6.07, 6.45) is 1.69. The van der Waals surface area contributed by atoms with E-state index in [1.165, 1.54) is 0 Å². The summed E-state index contributed by atoms with van der Waals surface area (Å²) in [4.78, 5) is 0. The van der Waals surface area contributed by atoms with Crippen LogP contribution in [0.25, 0.3) is 0 Å². The highest BCUT2D eigenvalue weighted by Crippen LogP contribution is 2.25. The fourth-order valence-corrected chi connectivity index (χ4v) is 2.33. The molecule has 1 N–H and O–H groups in total. The Kier molecular flexibility index (Phi) is 5.91. The highest BCUT2D eigenvalue weighted by Gasteiger charge is 2.02. The van der Waals surface area contributed by atoms with Gasteiger partial charge in [-0.3, -0.25) is 5.43 Å². The third-order valence-electron chi connectivity index (χ3n) is 2.59. The molecule has 0 fully saturated rings. The molecule has 0 amide bonds.